The van der Waals surface area contributed by atoms with E-state index < -0.39 is 23.9 Å². The summed E-state index contributed by atoms with van der Waals surface area (Å²) in [6, 6.07) is 0.663. The first-order chi connectivity index (χ1) is 13.2. The summed E-state index contributed by atoms with van der Waals surface area (Å²) in [7, 11) is 0. The highest BCUT2D eigenvalue weighted by Crippen LogP contribution is 2.29. The summed E-state index contributed by atoms with van der Waals surface area (Å²) >= 11 is 6.09. The molecule has 1 heterocycles. The maximum Gasteiger partial charge on any atom is 0.432 e. The lowest BCUT2D eigenvalue weighted by Gasteiger charge is -2.28. The third-order valence-electron chi connectivity index (χ3n) is 4.62. The summed E-state index contributed by atoms with van der Waals surface area (Å²) in [4.78, 5) is 16.2. The number of nitrogens with zero attached hydrogens (tertiary/aromatic N) is 3. The molecule has 5 nitrogen and oxygen atoms in total. The number of alkyl halides is 4. The van der Waals surface area contributed by atoms with Gasteiger partial charge in [0.25, 0.3) is 5.91 Å². The Morgan fingerprint density at radius 3 is 2.54 bits per heavy atom. The minimum absolute atomic E-state index is 0.112. The Labute approximate surface area is 166 Å². The number of likely N-dealkylation sites (N-methyl/N-ethyl adjacent to an activating group) is 1. The van der Waals surface area contributed by atoms with Gasteiger partial charge in [-0.25, -0.2) is 4.39 Å². The summed E-state index contributed by atoms with van der Waals surface area (Å²) < 4.78 is 52.7. The Morgan fingerprint density at radius 2 is 2.00 bits per heavy atom. The molecule has 10 heteroatoms. The van der Waals surface area contributed by atoms with E-state index in [-0.39, 0.29) is 35.8 Å². The van der Waals surface area contributed by atoms with E-state index in [0.717, 1.165) is 13.1 Å². The van der Waals surface area contributed by atoms with Crippen LogP contribution in [0.5, 0.6) is 0 Å². The molecule has 0 saturated carbocycles. The van der Waals surface area contributed by atoms with Crippen molar-refractivity contribution < 1.29 is 22.4 Å². The fourth-order valence-corrected chi connectivity index (χ4v) is 3.13. The fraction of sp³-hybridized carbons (Fsp3) is 0.556. The van der Waals surface area contributed by atoms with Crippen molar-refractivity contribution in [1.82, 2.24) is 20.0 Å². The molecular weight excluding hydrogens is 400 g/mol. The Bertz CT molecular complexity index is 740. The van der Waals surface area contributed by atoms with Crippen LogP contribution in [0.15, 0.2) is 28.8 Å². The van der Waals surface area contributed by atoms with Crippen LogP contribution in [0, 0.1) is 0 Å². The van der Waals surface area contributed by atoms with Crippen LogP contribution < -0.4 is 0 Å². The molecule has 1 aromatic rings. The summed E-state index contributed by atoms with van der Waals surface area (Å²) in [5.74, 6) is -0.711. The number of aromatic nitrogens is 2. The van der Waals surface area contributed by atoms with Crippen LogP contribution in [0.4, 0.5) is 17.6 Å². The molecule has 2 rings (SSSR count). The normalized spacial score (nSPS) is 17.5. The number of carbonyl (C=O) groups excluding carboxylic acids is 1. The van der Waals surface area contributed by atoms with Gasteiger partial charge in [0, 0.05) is 42.7 Å². The molecule has 0 saturated heterocycles. The van der Waals surface area contributed by atoms with Crippen molar-refractivity contribution >= 4 is 17.5 Å². The lowest BCUT2D eigenvalue weighted by Crippen LogP contribution is -2.41. The Kier molecular flexibility index (Phi) is 7.65. The van der Waals surface area contributed by atoms with Crippen LogP contribution in [-0.4, -0.2) is 64.8 Å². The van der Waals surface area contributed by atoms with Gasteiger partial charge in [0.1, 0.15) is 11.9 Å². The van der Waals surface area contributed by atoms with Gasteiger partial charge in [-0.1, -0.05) is 31.5 Å². The molecule has 1 N–H and O–H groups in total. The first kappa shape index (κ1) is 22.4. The minimum Gasteiger partial charge on any atom is -0.332 e. The van der Waals surface area contributed by atoms with Gasteiger partial charge in [0.2, 0.25) is 0 Å². The number of amides is 1. The average Bonchev–Trinajstić information content (AvgIpc) is 3.14. The van der Waals surface area contributed by atoms with Crippen molar-refractivity contribution in [3.8, 4) is 0 Å². The summed E-state index contributed by atoms with van der Waals surface area (Å²) in [6.07, 6.45) is -2.67. The highest BCUT2D eigenvalue weighted by molar-refractivity contribution is 6.31. The van der Waals surface area contributed by atoms with Crippen LogP contribution >= 0.6 is 11.6 Å². The van der Waals surface area contributed by atoms with E-state index in [1.165, 1.54) is 4.90 Å². The van der Waals surface area contributed by atoms with Crippen LogP contribution in [0.3, 0.4) is 0 Å². The highest BCUT2D eigenvalue weighted by atomic mass is 35.5. The molecule has 1 unspecified atom stereocenters. The molecule has 0 radical (unpaired) electrons. The molecule has 1 aliphatic carbocycles. The number of H-pyrrole nitrogens is 1. The Hall–Kier alpha value is -1.87. The summed E-state index contributed by atoms with van der Waals surface area (Å²) in [6.45, 7) is 6.00. The van der Waals surface area contributed by atoms with E-state index in [9.17, 15) is 22.4 Å². The third-order valence-corrected chi connectivity index (χ3v) is 4.99. The molecule has 0 aromatic carbocycles. The van der Waals surface area contributed by atoms with Crippen LogP contribution in [0.1, 0.15) is 36.5 Å². The van der Waals surface area contributed by atoms with E-state index in [4.69, 9.17) is 11.6 Å². The first-order valence-corrected chi connectivity index (χ1v) is 9.38. The van der Waals surface area contributed by atoms with Crippen LogP contribution in [0.2, 0.25) is 0 Å². The second kappa shape index (κ2) is 9.56. The van der Waals surface area contributed by atoms with Gasteiger partial charge in [-0.15, -0.1) is 0 Å². The number of carbonyl (C=O) groups is 1. The summed E-state index contributed by atoms with van der Waals surface area (Å²) in [5, 5.41) is 5.54. The van der Waals surface area contributed by atoms with E-state index in [2.05, 4.69) is 10.00 Å². The monoisotopic (exact) mass is 422 g/mol. The van der Waals surface area contributed by atoms with Crippen molar-refractivity contribution in [2.75, 3.05) is 32.7 Å². The molecule has 156 valence electrons. The predicted molar refractivity (Wildman–Crippen MR) is 98.8 cm³/mol. The lowest BCUT2D eigenvalue weighted by molar-refractivity contribution is -0.141. The molecule has 0 bridgehead atoms. The molecule has 0 fully saturated rings. The maximum absolute atomic E-state index is 14.3. The lowest BCUT2D eigenvalue weighted by atomic mass is 10.0. The van der Waals surface area contributed by atoms with Gasteiger partial charge < -0.3 is 9.80 Å². The molecule has 1 amide bonds. The van der Waals surface area contributed by atoms with Crippen molar-refractivity contribution in [2.45, 2.75) is 32.6 Å². The number of nitrogens with one attached hydrogen (secondary N) is 1. The van der Waals surface area contributed by atoms with Gasteiger partial charge in [-0.3, -0.25) is 9.89 Å². The zero-order chi connectivity index (χ0) is 20.9. The smallest absolute Gasteiger partial charge is 0.332 e. The van der Waals surface area contributed by atoms with Crippen molar-refractivity contribution in [2.24, 2.45) is 0 Å². The van der Waals surface area contributed by atoms with E-state index in [1.54, 1.807) is 12.2 Å². The average molecular weight is 423 g/mol. The second-order valence-electron chi connectivity index (χ2n) is 6.40. The van der Waals surface area contributed by atoms with Gasteiger partial charge in [-0.2, -0.15) is 18.3 Å². The number of halogens is 5. The van der Waals surface area contributed by atoms with Crippen molar-refractivity contribution in [1.29, 1.82) is 0 Å². The van der Waals surface area contributed by atoms with Gasteiger partial charge in [-0.05, 0) is 19.2 Å². The molecule has 28 heavy (non-hydrogen) atoms. The quantitative estimate of drug-likeness (QED) is 0.644. The predicted octanol–water partition coefficient (Wildman–Crippen LogP) is 4.00. The Morgan fingerprint density at radius 1 is 1.32 bits per heavy atom. The standard InChI is InChI=1S/C18H23ClF4N4O/c1-3-26(4-2)8-9-27(11-12-13(19)6-5-7-14(12)20)17(28)15-10-16(25-24-15)18(21,22)23/h5-6,10,14H,3-4,7-9,11H2,1-2H3,(H,24,25). The number of rotatable bonds is 8. The maximum atomic E-state index is 14.3. The topological polar surface area (TPSA) is 52.2 Å². The largest absolute Gasteiger partial charge is 0.432 e. The van der Waals surface area contributed by atoms with E-state index in [1.807, 2.05) is 18.9 Å². The minimum atomic E-state index is -4.64. The number of hydrogen-bond acceptors (Lipinski definition) is 3. The van der Waals surface area contributed by atoms with Crippen LogP contribution in [0.25, 0.3) is 0 Å². The molecule has 1 aliphatic rings. The Balaban J connectivity index is 2.25. The van der Waals surface area contributed by atoms with Crippen molar-refractivity contribution in [3.63, 3.8) is 0 Å². The summed E-state index contributed by atoms with van der Waals surface area (Å²) in [5.41, 5.74) is -1.24. The first-order valence-electron chi connectivity index (χ1n) is 9.00. The third kappa shape index (κ3) is 5.57. The molecule has 0 aliphatic heterocycles. The fourth-order valence-electron chi connectivity index (χ4n) is 2.86. The zero-order valence-corrected chi connectivity index (χ0v) is 16.4. The number of hydrogen-bond donors (Lipinski definition) is 1. The van der Waals surface area contributed by atoms with Crippen LogP contribution in [-0.2, 0) is 6.18 Å². The van der Waals surface area contributed by atoms with Crippen molar-refractivity contribution in [3.05, 3.63) is 40.2 Å². The SMILES string of the molecule is CCN(CC)CCN(CC1=C(Cl)C=CCC1F)C(=O)c1cc(C(F)(F)F)[nH]n1. The molecule has 1 aromatic heterocycles. The van der Waals surface area contributed by atoms with Gasteiger partial charge in [0.05, 0.1) is 0 Å². The van der Waals surface area contributed by atoms with Gasteiger partial charge >= 0.3 is 6.18 Å². The molecular formula is C18H23ClF4N4O. The highest BCUT2D eigenvalue weighted by Gasteiger charge is 2.34. The number of allylic oxidation sites excluding steroid dienone is 3. The molecule has 1 atom stereocenters. The second-order valence-corrected chi connectivity index (χ2v) is 6.80. The molecule has 0 spiro atoms. The number of aromatic amines is 1. The zero-order valence-electron chi connectivity index (χ0n) is 15.7. The van der Waals surface area contributed by atoms with E-state index >= 15 is 0 Å². The van der Waals surface area contributed by atoms with E-state index in [0.29, 0.717) is 12.6 Å². The van der Waals surface area contributed by atoms with Gasteiger partial charge in [0.15, 0.2) is 5.69 Å².